The summed E-state index contributed by atoms with van der Waals surface area (Å²) < 4.78 is 39.2. The van der Waals surface area contributed by atoms with Crippen molar-refractivity contribution in [3.8, 4) is 0 Å². The second-order valence-corrected chi connectivity index (χ2v) is 9.07. The van der Waals surface area contributed by atoms with E-state index in [1.54, 1.807) is 21.4 Å². The largest absolute Gasteiger partial charge is 0.416 e. The van der Waals surface area contributed by atoms with Crippen molar-refractivity contribution >= 4 is 39.1 Å². The molecule has 2 aromatic rings. The fourth-order valence-corrected chi connectivity index (χ4v) is 4.76. The Morgan fingerprint density at radius 2 is 1.73 bits per heavy atom. The summed E-state index contributed by atoms with van der Waals surface area (Å²) in [5.41, 5.74) is -0.827. The number of nitrogens with zero attached hydrogens (tertiary/aromatic N) is 4. The van der Waals surface area contributed by atoms with Crippen LogP contribution in [0.1, 0.15) is 25.7 Å². The van der Waals surface area contributed by atoms with Crippen LogP contribution in [0.25, 0.3) is 0 Å². The molecule has 6 nitrogen and oxygen atoms in total. The van der Waals surface area contributed by atoms with Crippen molar-refractivity contribution in [1.82, 2.24) is 19.7 Å². The standard InChI is InChI=1S/C19H18BrF3N4O2S/c20-14-8-12(7-13(9-14)19(21,22)23)17(28)27-10-15(11-27)25-2-4-26(5-3-25)18(29)16-24-1-6-30-16/h1,6-9,15H,2-5,10-11H2. The summed E-state index contributed by atoms with van der Waals surface area (Å²) in [5.74, 6) is -0.471. The monoisotopic (exact) mass is 502 g/mol. The van der Waals surface area contributed by atoms with Gasteiger partial charge in [0.05, 0.1) is 5.56 Å². The number of aromatic nitrogens is 1. The Kier molecular flexibility index (Phi) is 5.86. The molecule has 0 saturated carbocycles. The molecule has 1 aromatic heterocycles. The zero-order valence-corrected chi connectivity index (χ0v) is 18.1. The number of hydrogen-bond donors (Lipinski definition) is 0. The van der Waals surface area contributed by atoms with Gasteiger partial charge in [-0.1, -0.05) is 15.9 Å². The zero-order chi connectivity index (χ0) is 21.5. The van der Waals surface area contributed by atoms with E-state index in [9.17, 15) is 22.8 Å². The van der Waals surface area contributed by atoms with E-state index in [-0.39, 0.29) is 22.0 Å². The minimum Gasteiger partial charge on any atom is -0.335 e. The molecule has 0 radical (unpaired) electrons. The summed E-state index contributed by atoms with van der Waals surface area (Å²) in [6.45, 7) is 3.49. The van der Waals surface area contributed by atoms with Gasteiger partial charge < -0.3 is 9.80 Å². The first-order chi connectivity index (χ1) is 14.2. The van der Waals surface area contributed by atoms with Gasteiger partial charge in [-0.25, -0.2) is 4.98 Å². The first-order valence-electron chi connectivity index (χ1n) is 9.32. The molecule has 0 spiro atoms. The molecule has 0 aliphatic carbocycles. The number of hydrogen-bond acceptors (Lipinski definition) is 5. The second kappa shape index (κ2) is 8.27. The summed E-state index contributed by atoms with van der Waals surface area (Å²) in [6.07, 6.45) is -2.90. The summed E-state index contributed by atoms with van der Waals surface area (Å²) >= 11 is 4.37. The lowest BCUT2D eigenvalue weighted by molar-refractivity contribution is -0.137. The van der Waals surface area contributed by atoms with Crippen LogP contribution in [-0.4, -0.2) is 76.8 Å². The normalized spacial score (nSPS) is 18.4. The number of rotatable bonds is 3. The predicted octanol–water partition coefficient (Wildman–Crippen LogP) is 3.21. The molecule has 11 heteroatoms. The van der Waals surface area contributed by atoms with Crippen molar-refractivity contribution in [1.29, 1.82) is 0 Å². The van der Waals surface area contributed by atoms with Crippen molar-refractivity contribution in [3.63, 3.8) is 0 Å². The number of carbonyl (C=O) groups excluding carboxylic acids is 2. The third kappa shape index (κ3) is 4.37. The maximum absolute atomic E-state index is 13.0. The van der Waals surface area contributed by atoms with Crippen LogP contribution in [0.2, 0.25) is 0 Å². The van der Waals surface area contributed by atoms with Crippen LogP contribution in [-0.2, 0) is 6.18 Å². The Labute approximate surface area is 183 Å². The quantitative estimate of drug-likeness (QED) is 0.646. The van der Waals surface area contributed by atoms with Gasteiger partial charge in [-0.05, 0) is 18.2 Å². The molecular formula is C19H18BrF3N4O2S. The molecule has 4 rings (SSSR count). The van der Waals surface area contributed by atoms with Gasteiger partial charge in [0.2, 0.25) is 0 Å². The van der Waals surface area contributed by atoms with E-state index < -0.39 is 17.6 Å². The Hall–Kier alpha value is -1.98. The van der Waals surface area contributed by atoms with Gasteiger partial charge in [-0.2, -0.15) is 13.2 Å². The Balaban J connectivity index is 1.31. The van der Waals surface area contributed by atoms with Gasteiger partial charge in [-0.3, -0.25) is 14.5 Å². The van der Waals surface area contributed by atoms with E-state index in [4.69, 9.17) is 0 Å². The van der Waals surface area contributed by atoms with Crippen LogP contribution >= 0.6 is 27.3 Å². The van der Waals surface area contributed by atoms with Gasteiger partial charge in [0.15, 0.2) is 5.01 Å². The molecule has 2 amide bonds. The smallest absolute Gasteiger partial charge is 0.335 e. The molecule has 0 atom stereocenters. The van der Waals surface area contributed by atoms with Crippen LogP contribution in [0.15, 0.2) is 34.2 Å². The van der Waals surface area contributed by atoms with E-state index in [0.717, 1.165) is 12.1 Å². The molecular weight excluding hydrogens is 485 g/mol. The highest BCUT2D eigenvalue weighted by atomic mass is 79.9. The molecule has 30 heavy (non-hydrogen) atoms. The highest BCUT2D eigenvalue weighted by Crippen LogP contribution is 2.33. The van der Waals surface area contributed by atoms with Crippen molar-refractivity contribution in [2.75, 3.05) is 39.3 Å². The Morgan fingerprint density at radius 1 is 1.03 bits per heavy atom. The number of alkyl halides is 3. The van der Waals surface area contributed by atoms with Crippen molar-refractivity contribution < 1.29 is 22.8 Å². The van der Waals surface area contributed by atoms with Gasteiger partial charge in [0.25, 0.3) is 11.8 Å². The van der Waals surface area contributed by atoms with Crippen LogP contribution in [0.5, 0.6) is 0 Å². The highest BCUT2D eigenvalue weighted by Gasteiger charge is 2.38. The van der Waals surface area contributed by atoms with Crippen molar-refractivity contribution in [2.24, 2.45) is 0 Å². The molecule has 2 saturated heterocycles. The summed E-state index contributed by atoms with van der Waals surface area (Å²) in [6, 6.07) is 3.42. The minimum absolute atomic E-state index is 0.0222. The number of amides is 2. The van der Waals surface area contributed by atoms with Gasteiger partial charge in [-0.15, -0.1) is 11.3 Å². The zero-order valence-electron chi connectivity index (χ0n) is 15.7. The van der Waals surface area contributed by atoms with Gasteiger partial charge in [0, 0.05) is 66.9 Å². The third-order valence-electron chi connectivity index (χ3n) is 5.35. The number of carbonyl (C=O) groups is 2. The van der Waals surface area contributed by atoms with E-state index in [2.05, 4.69) is 25.8 Å². The number of piperazine rings is 1. The van der Waals surface area contributed by atoms with Gasteiger partial charge >= 0.3 is 6.18 Å². The number of thiazole rings is 1. The fourth-order valence-electron chi connectivity index (χ4n) is 3.67. The molecule has 0 bridgehead atoms. The van der Waals surface area contributed by atoms with E-state index in [1.165, 1.54) is 17.4 Å². The lowest BCUT2D eigenvalue weighted by Gasteiger charge is -2.48. The van der Waals surface area contributed by atoms with Gasteiger partial charge in [0.1, 0.15) is 0 Å². The van der Waals surface area contributed by atoms with E-state index >= 15 is 0 Å². The average molecular weight is 503 g/mol. The van der Waals surface area contributed by atoms with E-state index in [0.29, 0.717) is 44.3 Å². The molecule has 0 unspecified atom stereocenters. The Morgan fingerprint density at radius 3 is 2.33 bits per heavy atom. The first-order valence-corrected chi connectivity index (χ1v) is 11.0. The predicted molar refractivity (Wildman–Crippen MR) is 108 cm³/mol. The number of benzene rings is 1. The molecule has 3 heterocycles. The van der Waals surface area contributed by atoms with Crippen LogP contribution < -0.4 is 0 Å². The first kappa shape index (κ1) is 21.3. The highest BCUT2D eigenvalue weighted by molar-refractivity contribution is 9.10. The summed E-state index contributed by atoms with van der Waals surface area (Å²) in [5, 5.41) is 2.25. The number of likely N-dealkylation sites (tertiary alicyclic amines) is 1. The molecule has 2 fully saturated rings. The van der Waals surface area contributed by atoms with Crippen molar-refractivity contribution in [2.45, 2.75) is 12.2 Å². The Bertz CT molecular complexity index is 940. The minimum atomic E-state index is -4.51. The van der Waals surface area contributed by atoms with E-state index in [1.807, 2.05) is 0 Å². The van der Waals surface area contributed by atoms with Crippen LogP contribution in [0.3, 0.4) is 0 Å². The maximum Gasteiger partial charge on any atom is 0.416 e. The topological polar surface area (TPSA) is 56.8 Å². The second-order valence-electron chi connectivity index (χ2n) is 7.26. The van der Waals surface area contributed by atoms with Crippen LogP contribution in [0, 0.1) is 0 Å². The number of halogens is 4. The average Bonchev–Trinajstić information content (AvgIpc) is 3.20. The lowest BCUT2D eigenvalue weighted by atomic mass is 10.0. The molecule has 0 N–H and O–H groups in total. The molecule has 1 aromatic carbocycles. The third-order valence-corrected chi connectivity index (χ3v) is 6.57. The molecule has 160 valence electrons. The molecule has 2 aliphatic heterocycles. The lowest BCUT2D eigenvalue weighted by Crippen LogP contribution is -2.64. The maximum atomic E-state index is 13.0. The summed E-state index contributed by atoms with van der Waals surface area (Å²) in [7, 11) is 0. The fraction of sp³-hybridized carbons (Fsp3) is 0.421. The van der Waals surface area contributed by atoms with Crippen LogP contribution in [0.4, 0.5) is 13.2 Å². The molecule has 2 aliphatic rings. The SMILES string of the molecule is O=C(c1cc(Br)cc(C(F)(F)F)c1)N1CC(N2CCN(C(=O)c3nccs3)CC2)C1. The van der Waals surface area contributed by atoms with Crippen molar-refractivity contribution in [3.05, 3.63) is 50.4 Å². The summed E-state index contributed by atoms with van der Waals surface area (Å²) in [4.78, 5) is 34.6.